The summed E-state index contributed by atoms with van der Waals surface area (Å²) in [7, 11) is 0. The van der Waals surface area contributed by atoms with Crippen LogP contribution >= 0.6 is 0 Å². The Labute approximate surface area is 581 Å². The van der Waals surface area contributed by atoms with Crippen molar-refractivity contribution in [2.75, 3.05) is 0 Å². The smallest absolute Gasteiger partial charge is 0.169 e. The molecular formula is C88H126N8+4. The van der Waals surface area contributed by atoms with Crippen LogP contribution in [0.25, 0.3) is 90.9 Å². The minimum Gasteiger partial charge on any atom is -0.354 e. The molecule has 8 nitrogen and oxygen atoms in total. The Hall–Kier alpha value is -6.80. The first-order valence-corrected chi connectivity index (χ1v) is 39.7. The first kappa shape index (κ1) is 73.4. The van der Waals surface area contributed by atoms with Crippen LogP contribution < -0.4 is 18.3 Å². The molecule has 0 saturated heterocycles. The number of aromatic nitrogens is 8. The lowest BCUT2D eigenvalue weighted by molar-refractivity contribution is -0.697. The molecule has 2 aliphatic heterocycles. The van der Waals surface area contributed by atoms with Gasteiger partial charge in [-0.05, 0) is 96.5 Å². The summed E-state index contributed by atoms with van der Waals surface area (Å²) in [5, 5.41) is 0. The van der Waals surface area contributed by atoms with E-state index in [1.807, 2.05) is 0 Å². The molecule has 0 aromatic carbocycles. The molecule has 0 fully saturated rings. The van der Waals surface area contributed by atoms with Gasteiger partial charge in [-0.2, -0.15) is 0 Å². The van der Waals surface area contributed by atoms with Crippen molar-refractivity contribution < 1.29 is 18.3 Å². The van der Waals surface area contributed by atoms with Gasteiger partial charge in [-0.25, -0.2) is 28.2 Å². The first-order chi connectivity index (χ1) is 47.5. The van der Waals surface area contributed by atoms with Crippen LogP contribution in [0.5, 0.6) is 0 Å². The van der Waals surface area contributed by atoms with Crippen LogP contribution in [-0.2, 0) is 26.2 Å². The van der Waals surface area contributed by atoms with Crippen LogP contribution in [0.1, 0.15) is 307 Å². The lowest BCUT2D eigenvalue weighted by Gasteiger charge is -2.07. The highest BCUT2D eigenvalue weighted by Gasteiger charge is 2.22. The van der Waals surface area contributed by atoms with Crippen molar-refractivity contribution in [2.45, 2.75) is 311 Å². The molecule has 7 aromatic rings. The minimum atomic E-state index is 0.921. The fraction of sp³-hybridized carbons (Fsp3) is 0.545. The number of hydrogen-bond donors (Lipinski definition) is 2. The van der Waals surface area contributed by atoms with E-state index in [1.165, 1.54) is 257 Å². The summed E-state index contributed by atoms with van der Waals surface area (Å²) in [6.07, 6.45) is 80.9. The van der Waals surface area contributed by atoms with E-state index in [-0.39, 0.29) is 0 Å². The maximum Gasteiger partial charge on any atom is 0.169 e. The van der Waals surface area contributed by atoms with E-state index in [1.54, 1.807) is 0 Å². The van der Waals surface area contributed by atoms with E-state index < -0.39 is 0 Å². The zero-order valence-corrected chi connectivity index (χ0v) is 60.7. The van der Waals surface area contributed by atoms with Crippen molar-refractivity contribution >= 4 is 46.4 Å². The Morgan fingerprint density at radius 2 is 0.406 bits per heavy atom. The van der Waals surface area contributed by atoms with Crippen molar-refractivity contribution in [3.8, 4) is 44.5 Å². The zero-order valence-electron chi connectivity index (χ0n) is 60.7. The second-order valence-corrected chi connectivity index (χ2v) is 28.5. The van der Waals surface area contributed by atoms with Crippen LogP contribution in [0.4, 0.5) is 0 Å². The molecule has 0 unspecified atom stereocenters. The number of hydrogen-bond acceptors (Lipinski definition) is 2. The fourth-order valence-electron chi connectivity index (χ4n) is 14.6. The standard InChI is InChI=1S/C88H125N8/c1-5-9-13-17-21-25-29-33-37-41-61-93-65-53-73(54-66-93)85-77-45-47-79(89-77)86(74-55-67-94(68-56-74)62-42-38-34-30-26-22-18-14-10-6-2)81-49-51-83(91-81)88(76-59-71-96(72-60-76)64-44-40-36-32-28-24-20-16-12-8-4)84-52-50-82(92-84)87(80-48-46-78(85)90-80)75-57-69-95(70-58-75)63-43-39-35-31-27-23-19-15-11-7-3/h45-60,65-72H,5-44,61-64H2,1-4H3,(H,89,90,91,92)/q+3/p+1. The highest BCUT2D eigenvalue weighted by Crippen LogP contribution is 2.38. The lowest BCUT2D eigenvalue weighted by Crippen LogP contribution is -2.32. The van der Waals surface area contributed by atoms with Gasteiger partial charge >= 0.3 is 0 Å². The molecule has 0 spiro atoms. The van der Waals surface area contributed by atoms with E-state index in [0.717, 1.165) is 116 Å². The maximum absolute atomic E-state index is 5.71. The van der Waals surface area contributed by atoms with E-state index in [2.05, 4.69) is 203 Å². The van der Waals surface area contributed by atoms with E-state index in [9.17, 15) is 0 Å². The van der Waals surface area contributed by atoms with Crippen molar-refractivity contribution in [3.05, 3.63) is 145 Å². The summed E-state index contributed by atoms with van der Waals surface area (Å²) >= 11 is 0. The van der Waals surface area contributed by atoms with Crippen LogP contribution in [0, 0.1) is 0 Å². The van der Waals surface area contributed by atoms with Crippen LogP contribution in [0.2, 0.25) is 0 Å². The molecule has 7 aromatic heterocycles. The Bertz CT molecular complexity index is 3380. The second-order valence-electron chi connectivity index (χ2n) is 28.5. The number of fused-ring (bicyclic) bond motifs is 8. The number of rotatable bonds is 48. The Kier molecular flexibility index (Phi) is 32.7. The van der Waals surface area contributed by atoms with Gasteiger partial charge in [0, 0.05) is 119 Å². The normalized spacial score (nSPS) is 12.0. The molecular weight excluding hydrogens is 1170 g/mol. The summed E-state index contributed by atoms with van der Waals surface area (Å²) < 4.78 is 9.51. The fourth-order valence-corrected chi connectivity index (χ4v) is 14.6. The van der Waals surface area contributed by atoms with Gasteiger partial charge < -0.3 is 9.97 Å². The van der Waals surface area contributed by atoms with E-state index in [0.29, 0.717) is 0 Å². The van der Waals surface area contributed by atoms with Crippen LogP contribution in [0.15, 0.2) is 122 Å². The third-order valence-corrected chi connectivity index (χ3v) is 20.6. The third-order valence-electron chi connectivity index (χ3n) is 20.6. The van der Waals surface area contributed by atoms with Gasteiger partial charge in [-0.15, -0.1) is 0 Å². The predicted molar refractivity (Wildman–Crippen MR) is 409 cm³/mol. The molecule has 0 aliphatic carbocycles. The average molecular weight is 1300 g/mol. The number of aromatic amines is 2. The number of aryl methyl sites for hydroxylation is 4. The Morgan fingerprint density at radius 3 is 0.646 bits per heavy atom. The van der Waals surface area contributed by atoms with Gasteiger partial charge in [-0.1, -0.05) is 233 Å². The molecule has 0 radical (unpaired) electrons. The molecule has 8 bridgehead atoms. The predicted octanol–water partition coefficient (Wildman–Crippen LogP) is 24.2. The van der Waals surface area contributed by atoms with Gasteiger partial charge in [0.05, 0.1) is 22.8 Å². The van der Waals surface area contributed by atoms with Gasteiger partial charge in [0.2, 0.25) is 0 Å². The zero-order chi connectivity index (χ0) is 66.5. The molecule has 9 heterocycles. The van der Waals surface area contributed by atoms with E-state index >= 15 is 0 Å². The van der Waals surface area contributed by atoms with Crippen molar-refractivity contribution in [1.29, 1.82) is 0 Å². The molecule has 0 saturated carbocycles. The highest BCUT2D eigenvalue weighted by molar-refractivity contribution is 6.00. The Balaban J connectivity index is 1.07. The molecule has 2 N–H and O–H groups in total. The third kappa shape index (κ3) is 23.7. The topological polar surface area (TPSA) is 72.9 Å². The highest BCUT2D eigenvalue weighted by atomic mass is 14.9. The number of H-pyrrole nitrogens is 2. The van der Waals surface area contributed by atoms with E-state index in [4.69, 9.17) is 9.97 Å². The van der Waals surface area contributed by atoms with Crippen molar-refractivity contribution in [2.24, 2.45) is 0 Å². The summed E-state index contributed by atoms with van der Waals surface area (Å²) in [6.45, 7) is 13.3. The van der Waals surface area contributed by atoms with Crippen LogP contribution in [-0.4, -0.2) is 19.9 Å². The number of nitrogens with one attached hydrogen (secondary N) is 2. The van der Waals surface area contributed by atoms with Gasteiger partial charge in [-0.3, -0.25) is 0 Å². The maximum atomic E-state index is 5.71. The number of pyridine rings is 4. The van der Waals surface area contributed by atoms with Gasteiger partial charge in [0.25, 0.3) is 0 Å². The van der Waals surface area contributed by atoms with Crippen molar-refractivity contribution in [1.82, 2.24) is 19.9 Å². The first-order valence-electron chi connectivity index (χ1n) is 39.7. The molecule has 9 rings (SSSR count). The second kappa shape index (κ2) is 42.8. The summed E-state index contributed by atoms with van der Waals surface area (Å²) in [4.78, 5) is 19.5. The molecule has 514 valence electrons. The molecule has 96 heavy (non-hydrogen) atoms. The molecule has 0 amide bonds. The quantitative estimate of drug-likeness (QED) is 0.0295. The SMILES string of the molecule is CCCCCCCCCCCC[n+]1ccc(-c2c3nc(c(-c4cc[n+](CCCCCCCCCCCC)cc4)c4ccc([nH]4)c(-c4cc[n+](CCCCCCCCCCCC)cc4)c4ccc([nH]4)c(-c4cc[n+](CCCCCCCCCCCC)cc4)c4nc2C=C4)C=C3)cc1. The molecule has 2 aliphatic rings. The lowest BCUT2D eigenvalue weighted by atomic mass is 10.0. The van der Waals surface area contributed by atoms with Gasteiger partial charge in [0.1, 0.15) is 26.2 Å². The minimum absolute atomic E-state index is 0.921. The summed E-state index contributed by atoms with van der Waals surface area (Å²) in [5.74, 6) is 0. The molecule has 8 heteroatoms. The summed E-state index contributed by atoms with van der Waals surface area (Å²) in [6, 6.07) is 27.6. The van der Waals surface area contributed by atoms with Crippen molar-refractivity contribution in [3.63, 3.8) is 0 Å². The largest absolute Gasteiger partial charge is 0.354 e. The van der Waals surface area contributed by atoms with Gasteiger partial charge in [0.15, 0.2) is 49.6 Å². The van der Waals surface area contributed by atoms with Crippen LogP contribution in [0.3, 0.4) is 0 Å². The summed E-state index contributed by atoms with van der Waals surface area (Å²) in [5.41, 5.74) is 16.8. The molecule has 0 atom stereocenters. The monoisotopic (exact) mass is 1300 g/mol. The Morgan fingerprint density at radius 1 is 0.219 bits per heavy atom. The number of unbranched alkanes of at least 4 members (excludes halogenated alkanes) is 36. The number of nitrogens with zero attached hydrogens (tertiary/aromatic N) is 6. The average Bonchev–Trinajstić information content (AvgIpc) is 1.64.